The Morgan fingerprint density at radius 3 is 2.87 bits per heavy atom. The van der Waals surface area contributed by atoms with Crippen molar-refractivity contribution in [3.8, 4) is 0 Å². The number of hydrogen-bond donors (Lipinski definition) is 1. The lowest BCUT2D eigenvalue weighted by Crippen LogP contribution is -2.16. The van der Waals surface area contributed by atoms with Crippen LogP contribution >= 0.6 is 11.6 Å². The van der Waals surface area contributed by atoms with Crippen molar-refractivity contribution in [1.29, 1.82) is 0 Å². The second-order valence-electron chi connectivity index (χ2n) is 4.71. The molecule has 1 aliphatic rings. The molecule has 1 atom stereocenters. The first-order valence-electron chi connectivity index (χ1n) is 5.68. The van der Waals surface area contributed by atoms with Gasteiger partial charge in [-0.1, -0.05) is 30.5 Å². The van der Waals surface area contributed by atoms with Crippen molar-refractivity contribution in [3.63, 3.8) is 0 Å². The number of rotatable bonds is 4. The summed E-state index contributed by atoms with van der Waals surface area (Å²) < 4.78 is 0. The third kappa shape index (κ3) is 3.13. The zero-order chi connectivity index (χ0) is 10.8. The van der Waals surface area contributed by atoms with Crippen molar-refractivity contribution in [3.05, 3.63) is 28.8 Å². The van der Waals surface area contributed by atoms with Crippen molar-refractivity contribution >= 4 is 17.3 Å². The number of halogens is 1. The van der Waals surface area contributed by atoms with Gasteiger partial charge in [-0.25, -0.2) is 0 Å². The fourth-order valence-corrected chi connectivity index (χ4v) is 2.10. The Kier molecular flexibility index (Phi) is 3.20. The quantitative estimate of drug-likeness (QED) is 0.805. The first-order valence-corrected chi connectivity index (χ1v) is 6.05. The highest BCUT2D eigenvalue weighted by Crippen LogP contribution is 2.34. The van der Waals surface area contributed by atoms with Gasteiger partial charge in [-0.15, -0.1) is 0 Å². The summed E-state index contributed by atoms with van der Waals surface area (Å²) in [4.78, 5) is 0. The van der Waals surface area contributed by atoms with Crippen molar-refractivity contribution in [2.75, 3.05) is 5.32 Å². The van der Waals surface area contributed by atoms with Gasteiger partial charge in [0.05, 0.1) is 10.7 Å². The van der Waals surface area contributed by atoms with Gasteiger partial charge >= 0.3 is 0 Å². The summed E-state index contributed by atoms with van der Waals surface area (Å²) in [6.07, 6.45) is 4.09. The van der Waals surface area contributed by atoms with E-state index in [-0.39, 0.29) is 0 Å². The maximum Gasteiger partial charge on any atom is 0.0637 e. The minimum Gasteiger partial charge on any atom is -0.381 e. The summed E-state index contributed by atoms with van der Waals surface area (Å²) in [5.74, 6) is 0.955. The van der Waals surface area contributed by atoms with Crippen LogP contribution in [0.25, 0.3) is 0 Å². The molecule has 2 rings (SSSR count). The lowest BCUT2D eigenvalue weighted by molar-refractivity contribution is 0.642. The molecule has 0 amide bonds. The third-order valence-electron chi connectivity index (χ3n) is 2.91. The van der Waals surface area contributed by atoms with Crippen molar-refractivity contribution in [2.24, 2.45) is 5.92 Å². The third-order valence-corrected chi connectivity index (χ3v) is 3.24. The molecule has 1 aromatic rings. The van der Waals surface area contributed by atoms with Crippen LogP contribution in [0.4, 0.5) is 5.69 Å². The Morgan fingerprint density at radius 2 is 2.20 bits per heavy atom. The molecular weight excluding hydrogens is 206 g/mol. The predicted molar refractivity (Wildman–Crippen MR) is 66.6 cm³/mol. The second kappa shape index (κ2) is 4.44. The van der Waals surface area contributed by atoms with Gasteiger partial charge in [0, 0.05) is 6.04 Å². The van der Waals surface area contributed by atoms with E-state index in [0.29, 0.717) is 6.04 Å². The van der Waals surface area contributed by atoms with Crippen molar-refractivity contribution < 1.29 is 0 Å². The summed E-state index contributed by atoms with van der Waals surface area (Å²) >= 11 is 6.13. The molecule has 15 heavy (non-hydrogen) atoms. The molecule has 1 saturated carbocycles. The Bertz CT molecular complexity index is 344. The van der Waals surface area contributed by atoms with E-state index in [1.165, 1.54) is 24.8 Å². The van der Waals surface area contributed by atoms with Crippen LogP contribution in [0, 0.1) is 12.8 Å². The molecule has 1 fully saturated rings. The summed E-state index contributed by atoms with van der Waals surface area (Å²) in [5, 5.41) is 4.31. The smallest absolute Gasteiger partial charge is 0.0637 e. The Morgan fingerprint density at radius 1 is 1.47 bits per heavy atom. The fourth-order valence-electron chi connectivity index (χ4n) is 1.93. The maximum absolute atomic E-state index is 6.13. The topological polar surface area (TPSA) is 12.0 Å². The molecule has 0 spiro atoms. The summed E-state index contributed by atoms with van der Waals surface area (Å²) in [7, 11) is 0. The average Bonchev–Trinajstić information content (AvgIpc) is 2.95. The monoisotopic (exact) mass is 223 g/mol. The Hall–Kier alpha value is -0.690. The van der Waals surface area contributed by atoms with Crippen LogP contribution in [0.3, 0.4) is 0 Å². The molecule has 0 aromatic heterocycles. The largest absolute Gasteiger partial charge is 0.381 e. The lowest BCUT2D eigenvalue weighted by atomic mass is 10.1. The fraction of sp³-hybridized carbons (Fsp3) is 0.538. The first kappa shape index (κ1) is 10.8. The highest BCUT2D eigenvalue weighted by atomic mass is 35.5. The Labute approximate surface area is 96.8 Å². The van der Waals surface area contributed by atoms with Gasteiger partial charge in [0.2, 0.25) is 0 Å². The molecule has 0 radical (unpaired) electrons. The van der Waals surface area contributed by atoms with E-state index in [4.69, 9.17) is 11.6 Å². The Balaban J connectivity index is 1.98. The van der Waals surface area contributed by atoms with E-state index < -0.39 is 0 Å². The van der Waals surface area contributed by atoms with Crippen molar-refractivity contribution in [1.82, 2.24) is 0 Å². The maximum atomic E-state index is 6.13. The van der Waals surface area contributed by atoms with Gasteiger partial charge in [0.25, 0.3) is 0 Å². The van der Waals surface area contributed by atoms with Crippen LogP contribution in [0.1, 0.15) is 31.7 Å². The van der Waals surface area contributed by atoms with E-state index in [9.17, 15) is 0 Å². The number of nitrogens with one attached hydrogen (secondary N) is 1. The zero-order valence-electron chi connectivity index (χ0n) is 9.39. The van der Waals surface area contributed by atoms with Crippen LogP contribution in [-0.4, -0.2) is 6.04 Å². The molecule has 1 nitrogen and oxygen atoms in total. The van der Waals surface area contributed by atoms with Crippen LogP contribution in [0.15, 0.2) is 18.2 Å². The zero-order valence-corrected chi connectivity index (χ0v) is 10.1. The molecular formula is C13H18ClN. The number of benzene rings is 1. The normalized spacial score (nSPS) is 17.5. The summed E-state index contributed by atoms with van der Waals surface area (Å²) in [6, 6.07) is 6.64. The van der Waals surface area contributed by atoms with E-state index in [0.717, 1.165) is 16.6 Å². The van der Waals surface area contributed by atoms with Gasteiger partial charge in [-0.3, -0.25) is 0 Å². The molecule has 1 unspecified atom stereocenters. The molecule has 2 heteroatoms. The van der Waals surface area contributed by atoms with Gasteiger partial charge in [0.1, 0.15) is 0 Å². The van der Waals surface area contributed by atoms with Gasteiger partial charge in [0.15, 0.2) is 0 Å². The standard InChI is InChI=1S/C13H18ClN/c1-9-3-6-12(14)13(7-9)15-10(2)8-11-4-5-11/h3,6-7,10-11,15H,4-5,8H2,1-2H3. The van der Waals surface area contributed by atoms with E-state index >= 15 is 0 Å². The van der Waals surface area contributed by atoms with E-state index in [1.807, 2.05) is 12.1 Å². The molecule has 0 saturated heterocycles. The molecule has 1 N–H and O–H groups in total. The molecule has 1 aromatic carbocycles. The summed E-state index contributed by atoms with van der Waals surface area (Å²) in [5.41, 5.74) is 2.32. The molecule has 0 bridgehead atoms. The predicted octanol–water partition coefficient (Wildman–Crippen LogP) is 4.25. The molecule has 0 aliphatic heterocycles. The second-order valence-corrected chi connectivity index (χ2v) is 5.11. The molecule has 0 heterocycles. The first-order chi connectivity index (χ1) is 7.15. The van der Waals surface area contributed by atoms with Crippen LogP contribution in [0.5, 0.6) is 0 Å². The van der Waals surface area contributed by atoms with Crippen LogP contribution in [0.2, 0.25) is 5.02 Å². The molecule has 82 valence electrons. The number of aryl methyl sites for hydroxylation is 1. The SMILES string of the molecule is Cc1ccc(Cl)c(NC(C)CC2CC2)c1. The highest BCUT2D eigenvalue weighted by Gasteiger charge is 2.23. The van der Waals surface area contributed by atoms with E-state index in [1.54, 1.807) is 0 Å². The van der Waals surface area contributed by atoms with Gasteiger partial charge in [-0.05, 0) is 43.9 Å². The van der Waals surface area contributed by atoms with Gasteiger partial charge < -0.3 is 5.32 Å². The number of anilines is 1. The average molecular weight is 224 g/mol. The summed E-state index contributed by atoms with van der Waals surface area (Å²) in [6.45, 7) is 4.32. The number of hydrogen-bond acceptors (Lipinski definition) is 1. The van der Waals surface area contributed by atoms with Gasteiger partial charge in [-0.2, -0.15) is 0 Å². The van der Waals surface area contributed by atoms with Crippen molar-refractivity contribution in [2.45, 2.75) is 39.2 Å². The lowest BCUT2D eigenvalue weighted by Gasteiger charge is -2.16. The highest BCUT2D eigenvalue weighted by molar-refractivity contribution is 6.33. The van der Waals surface area contributed by atoms with E-state index in [2.05, 4.69) is 25.2 Å². The minimum absolute atomic E-state index is 0.525. The minimum atomic E-state index is 0.525. The van der Waals surface area contributed by atoms with Crippen LogP contribution in [-0.2, 0) is 0 Å². The van der Waals surface area contributed by atoms with Crippen LogP contribution < -0.4 is 5.32 Å². The molecule has 1 aliphatic carbocycles.